The highest BCUT2D eigenvalue weighted by Crippen LogP contribution is 2.17. The van der Waals surface area contributed by atoms with Crippen molar-refractivity contribution in [1.29, 1.82) is 0 Å². The third-order valence-corrected chi connectivity index (χ3v) is 2.48. The summed E-state index contributed by atoms with van der Waals surface area (Å²) in [5.74, 6) is 0. The van der Waals surface area contributed by atoms with Gasteiger partial charge in [-0.15, -0.1) is 0 Å². The fraction of sp³-hybridized carbons (Fsp3) is 0.875. The average molecular weight is 267 g/mol. The van der Waals surface area contributed by atoms with Crippen LogP contribution in [0.3, 0.4) is 0 Å². The number of rotatable bonds is 1. The molecule has 1 aliphatic carbocycles. The molecule has 0 unspecified atom stereocenters. The summed E-state index contributed by atoms with van der Waals surface area (Å²) >= 11 is 1.81. The van der Waals surface area contributed by atoms with Crippen LogP contribution >= 0.6 is 22.6 Å². The molecule has 3 heteroatoms. The standard InChI is InChI=1S/C8H14INO/c9-8(11)10-7-5-3-1-2-4-6-7/h7H,1-6H2,(H,10,11). The summed E-state index contributed by atoms with van der Waals surface area (Å²) in [6.07, 6.45) is 7.59. The zero-order valence-corrected chi connectivity index (χ0v) is 8.76. The maximum Gasteiger partial charge on any atom is 0.280 e. The minimum atomic E-state index is 0.0921. The van der Waals surface area contributed by atoms with E-state index in [1.165, 1.54) is 38.5 Å². The highest BCUT2D eigenvalue weighted by molar-refractivity contribution is 14.1. The molecule has 1 amide bonds. The van der Waals surface area contributed by atoms with Gasteiger partial charge in [-0.3, -0.25) is 4.79 Å². The maximum absolute atomic E-state index is 10.7. The van der Waals surface area contributed by atoms with Crippen molar-refractivity contribution in [3.63, 3.8) is 0 Å². The third kappa shape index (κ3) is 3.94. The summed E-state index contributed by atoms with van der Waals surface area (Å²) in [6, 6.07) is 0.460. The molecule has 0 spiro atoms. The van der Waals surface area contributed by atoms with Crippen LogP contribution < -0.4 is 5.32 Å². The van der Waals surface area contributed by atoms with Crippen molar-refractivity contribution in [2.24, 2.45) is 0 Å². The van der Waals surface area contributed by atoms with Gasteiger partial charge in [0.25, 0.3) is 3.91 Å². The number of carbonyl (C=O) groups excluding carboxylic acids is 1. The first kappa shape index (κ1) is 9.29. The van der Waals surface area contributed by atoms with E-state index in [0.29, 0.717) is 6.04 Å². The molecule has 11 heavy (non-hydrogen) atoms. The Morgan fingerprint density at radius 3 is 2.18 bits per heavy atom. The minimum Gasteiger partial charge on any atom is -0.345 e. The predicted molar refractivity (Wildman–Crippen MR) is 54.0 cm³/mol. The topological polar surface area (TPSA) is 29.1 Å². The van der Waals surface area contributed by atoms with Crippen LogP contribution in [0.25, 0.3) is 0 Å². The Morgan fingerprint density at radius 2 is 1.73 bits per heavy atom. The van der Waals surface area contributed by atoms with Gasteiger partial charge in [-0.05, 0) is 12.8 Å². The molecule has 0 radical (unpaired) electrons. The number of hydrogen-bond donors (Lipinski definition) is 1. The van der Waals surface area contributed by atoms with Crippen molar-refractivity contribution in [3.8, 4) is 0 Å². The summed E-state index contributed by atoms with van der Waals surface area (Å²) in [5.41, 5.74) is 0. The molecule has 0 aromatic heterocycles. The second-order valence-corrected chi connectivity index (χ2v) is 4.09. The molecule has 0 atom stereocenters. The van der Waals surface area contributed by atoms with Gasteiger partial charge in [0.1, 0.15) is 0 Å². The summed E-state index contributed by atoms with van der Waals surface area (Å²) in [5, 5.41) is 2.97. The van der Waals surface area contributed by atoms with E-state index in [1.54, 1.807) is 0 Å². The molecule has 1 aliphatic rings. The summed E-state index contributed by atoms with van der Waals surface area (Å²) < 4.78 is 0.0921. The van der Waals surface area contributed by atoms with Crippen molar-refractivity contribution < 1.29 is 4.79 Å². The highest BCUT2D eigenvalue weighted by Gasteiger charge is 2.12. The Labute approximate surface area is 81.3 Å². The molecule has 0 bridgehead atoms. The number of carbonyl (C=O) groups is 1. The fourth-order valence-corrected chi connectivity index (χ4v) is 2.02. The molecule has 0 aromatic carbocycles. The van der Waals surface area contributed by atoms with Crippen LogP contribution in [-0.4, -0.2) is 9.96 Å². The summed E-state index contributed by atoms with van der Waals surface area (Å²) in [4.78, 5) is 10.7. The van der Waals surface area contributed by atoms with Crippen LogP contribution in [0.4, 0.5) is 4.79 Å². The van der Waals surface area contributed by atoms with Gasteiger partial charge in [-0.25, -0.2) is 0 Å². The lowest BCUT2D eigenvalue weighted by atomic mass is 10.1. The molecule has 0 heterocycles. The molecule has 64 valence electrons. The molecule has 0 aliphatic heterocycles. The largest absolute Gasteiger partial charge is 0.345 e. The molecule has 1 rings (SSSR count). The van der Waals surface area contributed by atoms with Gasteiger partial charge < -0.3 is 5.32 Å². The lowest BCUT2D eigenvalue weighted by molar-refractivity contribution is 0.258. The predicted octanol–water partition coefficient (Wildman–Crippen LogP) is 2.85. The van der Waals surface area contributed by atoms with Crippen molar-refractivity contribution in [2.75, 3.05) is 0 Å². The maximum atomic E-state index is 10.7. The number of nitrogens with one attached hydrogen (secondary N) is 1. The number of halogens is 1. The second-order valence-electron chi connectivity index (χ2n) is 3.11. The van der Waals surface area contributed by atoms with E-state index in [-0.39, 0.29) is 3.91 Å². The van der Waals surface area contributed by atoms with Crippen LogP contribution in [0, 0.1) is 0 Å². The van der Waals surface area contributed by atoms with E-state index in [2.05, 4.69) is 5.32 Å². The molecule has 1 N–H and O–H groups in total. The fourth-order valence-electron chi connectivity index (χ4n) is 1.58. The Balaban J connectivity index is 2.25. The van der Waals surface area contributed by atoms with Gasteiger partial charge in [-0.1, -0.05) is 25.7 Å². The molecular formula is C8H14INO. The van der Waals surface area contributed by atoms with Gasteiger partial charge in [0.15, 0.2) is 0 Å². The Bertz CT molecular complexity index is 130. The summed E-state index contributed by atoms with van der Waals surface area (Å²) in [6.45, 7) is 0. The zero-order chi connectivity index (χ0) is 8.10. The van der Waals surface area contributed by atoms with Crippen LogP contribution in [-0.2, 0) is 0 Å². The number of amides is 1. The van der Waals surface area contributed by atoms with E-state index >= 15 is 0 Å². The third-order valence-electron chi connectivity index (χ3n) is 2.17. The van der Waals surface area contributed by atoms with Crippen molar-refractivity contribution >= 4 is 26.5 Å². The molecule has 2 nitrogen and oxygen atoms in total. The molecule has 0 saturated heterocycles. The van der Waals surface area contributed by atoms with E-state index in [1.807, 2.05) is 22.6 Å². The van der Waals surface area contributed by atoms with Crippen LogP contribution in [0.2, 0.25) is 0 Å². The van der Waals surface area contributed by atoms with Crippen molar-refractivity contribution in [3.05, 3.63) is 0 Å². The molecule has 0 aromatic rings. The van der Waals surface area contributed by atoms with Gasteiger partial charge in [0.2, 0.25) is 0 Å². The first-order chi connectivity index (χ1) is 5.29. The van der Waals surface area contributed by atoms with Gasteiger partial charge in [-0.2, -0.15) is 0 Å². The Hall–Kier alpha value is 0.200. The van der Waals surface area contributed by atoms with E-state index in [9.17, 15) is 4.79 Å². The van der Waals surface area contributed by atoms with E-state index < -0.39 is 0 Å². The van der Waals surface area contributed by atoms with Gasteiger partial charge in [0.05, 0.1) is 0 Å². The lowest BCUT2D eigenvalue weighted by Gasteiger charge is -2.13. The minimum absolute atomic E-state index is 0.0921. The number of hydrogen-bond acceptors (Lipinski definition) is 1. The van der Waals surface area contributed by atoms with Crippen LogP contribution in [0.15, 0.2) is 0 Å². The lowest BCUT2D eigenvalue weighted by Crippen LogP contribution is -2.29. The normalized spacial score (nSPS) is 20.8. The van der Waals surface area contributed by atoms with Gasteiger partial charge >= 0.3 is 0 Å². The first-order valence-corrected chi connectivity index (χ1v) is 5.33. The smallest absolute Gasteiger partial charge is 0.280 e. The summed E-state index contributed by atoms with van der Waals surface area (Å²) in [7, 11) is 0. The average Bonchev–Trinajstić information content (AvgIpc) is 2.14. The zero-order valence-electron chi connectivity index (χ0n) is 6.61. The second kappa shape index (κ2) is 4.95. The first-order valence-electron chi connectivity index (χ1n) is 4.25. The van der Waals surface area contributed by atoms with Crippen LogP contribution in [0.5, 0.6) is 0 Å². The van der Waals surface area contributed by atoms with E-state index in [4.69, 9.17) is 0 Å². The molecule has 1 saturated carbocycles. The Morgan fingerprint density at radius 1 is 1.18 bits per heavy atom. The molecule has 1 fully saturated rings. The van der Waals surface area contributed by atoms with E-state index in [0.717, 1.165) is 0 Å². The molecular weight excluding hydrogens is 253 g/mol. The monoisotopic (exact) mass is 267 g/mol. The highest BCUT2D eigenvalue weighted by atomic mass is 127. The van der Waals surface area contributed by atoms with Crippen molar-refractivity contribution in [2.45, 2.75) is 44.6 Å². The quantitative estimate of drug-likeness (QED) is 0.336. The van der Waals surface area contributed by atoms with Crippen molar-refractivity contribution in [1.82, 2.24) is 5.32 Å². The Kier molecular flexibility index (Phi) is 4.18. The van der Waals surface area contributed by atoms with Gasteiger partial charge in [0, 0.05) is 28.6 Å². The van der Waals surface area contributed by atoms with Crippen LogP contribution in [0.1, 0.15) is 38.5 Å². The SMILES string of the molecule is O=C(I)NC1CCCCCC1.